The summed E-state index contributed by atoms with van der Waals surface area (Å²) in [6, 6.07) is 9.00. The van der Waals surface area contributed by atoms with Crippen molar-refractivity contribution in [1.29, 1.82) is 0 Å². The number of rotatable bonds is 4. The van der Waals surface area contributed by atoms with Crippen molar-refractivity contribution in [2.75, 3.05) is 5.32 Å². The minimum atomic E-state index is -0.259. The number of hydrogen-bond donors (Lipinski definition) is 1. The number of anilines is 1. The van der Waals surface area contributed by atoms with E-state index in [1.165, 1.54) is 6.20 Å². The molecule has 1 amide bonds. The summed E-state index contributed by atoms with van der Waals surface area (Å²) < 4.78 is 3.36. The summed E-state index contributed by atoms with van der Waals surface area (Å²) in [6.07, 6.45) is 11.6. The normalized spacial score (nSPS) is 10.6. The zero-order chi connectivity index (χ0) is 17.1. The topological polar surface area (TPSA) is 90.5 Å². The standard InChI is InChI=1S/C17H13N7O/c25-17(13-4-5-15(20-9-13)23-8-7-18-12-23)22-14-10-21-24(11-14)16-3-1-2-6-19-16/h1-12H,(H,22,25). The van der Waals surface area contributed by atoms with Crippen LogP contribution in [-0.4, -0.2) is 35.2 Å². The third-order valence-electron chi connectivity index (χ3n) is 3.50. The Kier molecular flexibility index (Phi) is 3.76. The molecule has 4 aromatic rings. The Morgan fingerprint density at radius 2 is 1.96 bits per heavy atom. The van der Waals surface area contributed by atoms with Gasteiger partial charge < -0.3 is 5.32 Å². The van der Waals surface area contributed by atoms with Crippen LogP contribution in [0.5, 0.6) is 0 Å². The van der Waals surface area contributed by atoms with Crippen LogP contribution >= 0.6 is 0 Å². The third kappa shape index (κ3) is 3.13. The largest absolute Gasteiger partial charge is 0.319 e. The monoisotopic (exact) mass is 331 g/mol. The molecule has 4 rings (SSSR count). The minimum Gasteiger partial charge on any atom is -0.319 e. The van der Waals surface area contributed by atoms with E-state index in [-0.39, 0.29) is 5.91 Å². The fourth-order valence-electron chi connectivity index (χ4n) is 2.27. The first-order valence-electron chi connectivity index (χ1n) is 7.51. The Morgan fingerprint density at radius 1 is 1.00 bits per heavy atom. The van der Waals surface area contributed by atoms with Gasteiger partial charge in [-0.3, -0.25) is 9.36 Å². The smallest absolute Gasteiger partial charge is 0.257 e. The second-order valence-electron chi connectivity index (χ2n) is 5.19. The SMILES string of the molecule is O=C(Nc1cnn(-c2ccccn2)c1)c1ccc(-n2ccnc2)nc1. The van der Waals surface area contributed by atoms with Gasteiger partial charge in [-0.2, -0.15) is 5.10 Å². The van der Waals surface area contributed by atoms with E-state index in [9.17, 15) is 4.79 Å². The van der Waals surface area contributed by atoms with Crippen molar-refractivity contribution in [1.82, 2.24) is 29.3 Å². The summed E-state index contributed by atoms with van der Waals surface area (Å²) >= 11 is 0. The molecule has 8 heteroatoms. The maximum Gasteiger partial charge on any atom is 0.257 e. The van der Waals surface area contributed by atoms with Crippen LogP contribution in [0.15, 0.2) is 73.8 Å². The van der Waals surface area contributed by atoms with E-state index in [4.69, 9.17) is 0 Å². The molecular formula is C17H13N7O. The zero-order valence-corrected chi connectivity index (χ0v) is 13.0. The average Bonchev–Trinajstić information content (AvgIpc) is 3.35. The lowest BCUT2D eigenvalue weighted by atomic mass is 10.2. The lowest BCUT2D eigenvalue weighted by Gasteiger charge is -2.04. The van der Waals surface area contributed by atoms with Gasteiger partial charge in [-0.15, -0.1) is 0 Å². The van der Waals surface area contributed by atoms with Gasteiger partial charge in [-0.25, -0.2) is 19.6 Å². The molecule has 0 fully saturated rings. The maximum absolute atomic E-state index is 12.3. The van der Waals surface area contributed by atoms with Gasteiger partial charge in [0.2, 0.25) is 0 Å². The molecule has 0 aliphatic carbocycles. The van der Waals surface area contributed by atoms with E-state index in [0.717, 1.165) is 0 Å². The molecule has 4 heterocycles. The zero-order valence-electron chi connectivity index (χ0n) is 13.0. The first-order valence-corrected chi connectivity index (χ1v) is 7.51. The van der Waals surface area contributed by atoms with Crippen LogP contribution in [0.4, 0.5) is 5.69 Å². The summed E-state index contributed by atoms with van der Waals surface area (Å²) in [6.45, 7) is 0. The fraction of sp³-hybridized carbons (Fsp3) is 0. The van der Waals surface area contributed by atoms with Gasteiger partial charge in [-0.1, -0.05) is 6.07 Å². The van der Waals surface area contributed by atoms with Crippen LogP contribution in [0.1, 0.15) is 10.4 Å². The summed E-state index contributed by atoms with van der Waals surface area (Å²) in [5.41, 5.74) is 1.03. The quantitative estimate of drug-likeness (QED) is 0.618. The minimum absolute atomic E-state index is 0.259. The molecule has 0 spiro atoms. The number of carbonyl (C=O) groups excluding carboxylic acids is 1. The number of nitrogens with one attached hydrogen (secondary N) is 1. The average molecular weight is 331 g/mol. The van der Waals surface area contributed by atoms with Gasteiger partial charge in [-0.05, 0) is 24.3 Å². The van der Waals surface area contributed by atoms with Crippen molar-refractivity contribution in [3.8, 4) is 11.6 Å². The number of amides is 1. The van der Waals surface area contributed by atoms with Crippen LogP contribution in [0.3, 0.4) is 0 Å². The summed E-state index contributed by atoms with van der Waals surface area (Å²) in [5.74, 6) is 1.11. The molecule has 0 aliphatic rings. The highest BCUT2D eigenvalue weighted by Crippen LogP contribution is 2.12. The fourth-order valence-corrected chi connectivity index (χ4v) is 2.27. The van der Waals surface area contributed by atoms with E-state index in [1.807, 2.05) is 18.2 Å². The van der Waals surface area contributed by atoms with Crippen molar-refractivity contribution in [3.05, 3.63) is 79.4 Å². The molecule has 8 nitrogen and oxygen atoms in total. The number of aromatic nitrogens is 6. The summed E-state index contributed by atoms with van der Waals surface area (Å²) in [7, 11) is 0. The molecule has 0 bridgehead atoms. The van der Waals surface area contributed by atoms with Gasteiger partial charge in [0.05, 0.1) is 23.6 Å². The van der Waals surface area contributed by atoms with Crippen LogP contribution in [0.2, 0.25) is 0 Å². The molecule has 1 N–H and O–H groups in total. The predicted octanol–water partition coefficient (Wildman–Crippen LogP) is 2.10. The van der Waals surface area contributed by atoms with Gasteiger partial charge >= 0.3 is 0 Å². The van der Waals surface area contributed by atoms with E-state index < -0.39 is 0 Å². The molecule has 25 heavy (non-hydrogen) atoms. The van der Waals surface area contributed by atoms with Crippen LogP contribution < -0.4 is 5.32 Å². The lowest BCUT2D eigenvalue weighted by molar-refractivity contribution is 0.102. The van der Waals surface area contributed by atoms with E-state index in [1.54, 1.807) is 58.7 Å². The summed E-state index contributed by atoms with van der Waals surface area (Å²) in [4.78, 5) is 24.8. The molecule has 0 aliphatic heterocycles. The molecule has 4 aromatic heterocycles. The van der Waals surface area contributed by atoms with Crippen molar-refractivity contribution < 1.29 is 4.79 Å². The molecule has 0 radical (unpaired) electrons. The second kappa shape index (κ2) is 6.36. The highest BCUT2D eigenvalue weighted by Gasteiger charge is 2.09. The lowest BCUT2D eigenvalue weighted by Crippen LogP contribution is -2.12. The Hall–Kier alpha value is -3.81. The van der Waals surface area contributed by atoms with Gasteiger partial charge in [0.1, 0.15) is 12.1 Å². The molecule has 0 aromatic carbocycles. The number of pyridine rings is 2. The van der Waals surface area contributed by atoms with E-state index in [2.05, 4.69) is 25.4 Å². The maximum atomic E-state index is 12.3. The number of hydrogen-bond acceptors (Lipinski definition) is 5. The Balaban J connectivity index is 1.48. The van der Waals surface area contributed by atoms with Gasteiger partial charge in [0, 0.05) is 24.8 Å². The molecule has 122 valence electrons. The van der Waals surface area contributed by atoms with Crippen molar-refractivity contribution in [2.45, 2.75) is 0 Å². The van der Waals surface area contributed by atoms with Crippen molar-refractivity contribution in [2.24, 2.45) is 0 Å². The van der Waals surface area contributed by atoms with Gasteiger partial charge in [0.15, 0.2) is 5.82 Å². The second-order valence-corrected chi connectivity index (χ2v) is 5.19. The Morgan fingerprint density at radius 3 is 2.68 bits per heavy atom. The first kappa shape index (κ1) is 14.8. The van der Waals surface area contributed by atoms with E-state index >= 15 is 0 Å². The first-order chi connectivity index (χ1) is 12.3. The van der Waals surface area contributed by atoms with Gasteiger partial charge in [0.25, 0.3) is 5.91 Å². The number of nitrogens with zero attached hydrogens (tertiary/aromatic N) is 6. The highest BCUT2D eigenvalue weighted by molar-refractivity contribution is 6.03. The molecule has 0 saturated heterocycles. The highest BCUT2D eigenvalue weighted by atomic mass is 16.1. The van der Waals surface area contributed by atoms with E-state index in [0.29, 0.717) is 22.9 Å². The van der Waals surface area contributed by atoms with Crippen LogP contribution in [0, 0.1) is 0 Å². The molecular weight excluding hydrogens is 318 g/mol. The van der Waals surface area contributed by atoms with Crippen molar-refractivity contribution in [3.63, 3.8) is 0 Å². The summed E-state index contributed by atoms with van der Waals surface area (Å²) in [5, 5.41) is 6.99. The van der Waals surface area contributed by atoms with Crippen molar-refractivity contribution >= 4 is 11.6 Å². The molecule has 0 atom stereocenters. The predicted molar refractivity (Wildman–Crippen MR) is 90.7 cm³/mol. The number of carbonyl (C=O) groups is 1. The Labute approximate surface area is 142 Å². The van der Waals surface area contributed by atoms with Crippen LogP contribution in [0.25, 0.3) is 11.6 Å². The third-order valence-corrected chi connectivity index (χ3v) is 3.50. The van der Waals surface area contributed by atoms with Crippen LogP contribution in [-0.2, 0) is 0 Å². The molecule has 0 unspecified atom stereocenters. The molecule has 0 saturated carbocycles. The Bertz CT molecular complexity index is 976. The number of imidazole rings is 1.